The Kier molecular flexibility index (Phi) is 7.66. The second kappa shape index (κ2) is 9.85. The molecule has 0 aromatic carbocycles. The number of ether oxygens (including phenoxy) is 1. The fourth-order valence-corrected chi connectivity index (χ4v) is 4.77. The van der Waals surface area contributed by atoms with Crippen LogP contribution < -0.4 is 0 Å². The number of amides is 1. The number of fused-ring (bicyclic) bond motifs is 1. The molecule has 2 saturated carbocycles. The lowest BCUT2D eigenvalue weighted by Gasteiger charge is -2.48. The molecule has 4 fully saturated rings. The van der Waals surface area contributed by atoms with E-state index in [4.69, 9.17) is 14.6 Å². The van der Waals surface area contributed by atoms with Crippen LogP contribution in [0, 0.1) is 17.8 Å². The van der Waals surface area contributed by atoms with Gasteiger partial charge in [0, 0.05) is 32.1 Å². The molecule has 2 heterocycles. The number of aliphatic carboxylic acids is 1. The maximum atomic E-state index is 12.9. The number of morpholine rings is 1. The van der Waals surface area contributed by atoms with Gasteiger partial charge in [-0.2, -0.15) is 13.2 Å². The zero-order chi connectivity index (χ0) is 21.9. The Morgan fingerprint density at radius 3 is 2.23 bits per heavy atom. The lowest BCUT2D eigenvalue weighted by atomic mass is 9.82. The molecule has 2 aliphatic heterocycles. The van der Waals surface area contributed by atoms with Crippen LogP contribution in [0.2, 0.25) is 0 Å². The first-order valence-corrected chi connectivity index (χ1v) is 11.1. The van der Waals surface area contributed by atoms with E-state index >= 15 is 0 Å². The number of carboxylic acids is 1. The van der Waals surface area contributed by atoms with Crippen LogP contribution in [0.3, 0.4) is 0 Å². The Morgan fingerprint density at radius 1 is 1.03 bits per heavy atom. The van der Waals surface area contributed by atoms with Crippen molar-refractivity contribution >= 4 is 11.9 Å². The Bertz CT molecular complexity index is 604. The number of alkyl halides is 3. The van der Waals surface area contributed by atoms with E-state index in [1.807, 2.05) is 0 Å². The molecule has 30 heavy (non-hydrogen) atoms. The largest absolute Gasteiger partial charge is 0.490 e. The molecule has 9 heteroatoms. The third-order valence-corrected chi connectivity index (χ3v) is 6.81. The van der Waals surface area contributed by atoms with Gasteiger partial charge in [-0.15, -0.1) is 0 Å². The zero-order valence-corrected chi connectivity index (χ0v) is 17.6. The zero-order valence-electron chi connectivity index (χ0n) is 17.6. The highest BCUT2D eigenvalue weighted by Crippen LogP contribution is 2.34. The van der Waals surface area contributed by atoms with Crippen molar-refractivity contribution in [3.05, 3.63) is 0 Å². The van der Waals surface area contributed by atoms with Gasteiger partial charge in [0.15, 0.2) is 0 Å². The van der Waals surface area contributed by atoms with Crippen molar-refractivity contribution in [2.45, 2.75) is 70.2 Å². The van der Waals surface area contributed by atoms with Gasteiger partial charge < -0.3 is 14.7 Å². The summed E-state index contributed by atoms with van der Waals surface area (Å²) in [5, 5.41) is 7.12. The van der Waals surface area contributed by atoms with Crippen molar-refractivity contribution < 1.29 is 32.6 Å². The van der Waals surface area contributed by atoms with Crippen LogP contribution in [0.4, 0.5) is 13.2 Å². The Morgan fingerprint density at radius 2 is 1.67 bits per heavy atom. The van der Waals surface area contributed by atoms with Crippen molar-refractivity contribution in [2.75, 3.05) is 32.8 Å². The number of likely N-dealkylation sites (tertiary alicyclic amines) is 1. The van der Waals surface area contributed by atoms with Crippen LogP contribution in [0.5, 0.6) is 0 Å². The molecule has 1 amide bonds. The van der Waals surface area contributed by atoms with Crippen molar-refractivity contribution in [2.24, 2.45) is 17.8 Å². The summed E-state index contributed by atoms with van der Waals surface area (Å²) >= 11 is 0. The average molecular weight is 434 g/mol. The number of piperidine rings is 1. The van der Waals surface area contributed by atoms with Crippen molar-refractivity contribution in [3.8, 4) is 0 Å². The number of hydrogen-bond acceptors (Lipinski definition) is 4. The molecule has 2 aliphatic carbocycles. The van der Waals surface area contributed by atoms with Gasteiger partial charge in [0.1, 0.15) is 0 Å². The molecule has 172 valence electrons. The molecular formula is C21H33F3N2O4. The number of carboxylic acid groups (broad SMARTS) is 1. The van der Waals surface area contributed by atoms with Gasteiger partial charge in [-0.05, 0) is 56.8 Å². The van der Waals surface area contributed by atoms with Gasteiger partial charge >= 0.3 is 12.1 Å². The van der Waals surface area contributed by atoms with Crippen LogP contribution in [-0.2, 0) is 14.3 Å². The lowest BCUT2D eigenvalue weighted by Crippen LogP contribution is -2.61. The normalized spacial score (nSPS) is 32.6. The molecule has 0 spiro atoms. The topological polar surface area (TPSA) is 70.1 Å². The number of carbonyl (C=O) groups is 2. The minimum absolute atomic E-state index is 0.296. The van der Waals surface area contributed by atoms with Gasteiger partial charge in [-0.3, -0.25) is 9.69 Å². The van der Waals surface area contributed by atoms with Gasteiger partial charge in [-0.25, -0.2) is 4.79 Å². The summed E-state index contributed by atoms with van der Waals surface area (Å²) in [5.41, 5.74) is 0. The first-order valence-electron chi connectivity index (χ1n) is 11.1. The first-order chi connectivity index (χ1) is 14.1. The molecule has 0 aromatic rings. The lowest BCUT2D eigenvalue weighted by molar-refractivity contribution is -0.192. The highest BCUT2D eigenvalue weighted by atomic mass is 19.4. The van der Waals surface area contributed by atoms with E-state index in [2.05, 4.69) is 16.7 Å². The molecule has 0 aromatic heterocycles. The summed E-state index contributed by atoms with van der Waals surface area (Å²) in [7, 11) is 0. The van der Waals surface area contributed by atoms with E-state index in [9.17, 15) is 18.0 Å². The molecule has 4 rings (SSSR count). The molecule has 0 bridgehead atoms. The maximum Gasteiger partial charge on any atom is 0.490 e. The average Bonchev–Trinajstić information content (AvgIpc) is 3.52. The van der Waals surface area contributed by atoms with Gasteiger partial charge in [0.2, 0.25) is 5.91 Å². The molecule has 4 aliphatic rings. The number of halogens is 3. The molecule has 1 N–H and O–H groups in total. The minimum Gasteiger partial charge on any atom is -0.475 e. The number of rotatable bonds is 3. The van der Waals surface area contributed by atoms with Crippen molar-refractivity contribution in [3.63, 3.8) is 0 Å². The van der Waals surface area contributed by atoms with Gasteiger partial charge in [0.05, 0.1) is 18.8 Å². The minimum atomic E-state index is -5.08. The second-order valence-corrected chi connectivity index (χ2v) is 9.25. The highest BCUT2D eigenvalue weighted by molar-refractivity contribution is 5.79. The Balaban J connectivity index is 0.000000318. The van der Waals surface area contributed by atoms with Crippen LogP contribution in [0.1, 0.15) is 51.9 Å². The molecule has 6 nitrogen and oxygen atoms in total. The summed E-state index contributed by atoms with van der Waals surface area (Å²) in [6.45, 7) is 7.30. The molecular weight excluding hydrogens is 401 g/mol. The summed E-state index contributed by atoms with van der Waals surface area (Å²) in [6.07, 6.45) is 3.77. The van der Waals surface area contributed by atoms with E-state index in [1.165, 1.54) is 32.2 Å². The van der Waals surface area contributed by atoms with Crippen LogP contribution >= 0.6 is 0 Å². The van der Waals surface area contributed by atoms with E-state index in [-0.39, 0.29) is 0 Å². The quantitative estimate of drug-likeness (QED) is 0.739. The van der Waals surface area contributed by atoms with E-state index in [0.29, 0.717) is 24.0 Å². The van der Waals surface area contributed by atoms with Crippen molar-refractivity contribution in [1.82, 2.24) is 9.80 Å². The number of carbonyl (C=O) groups excluding carboxylic acids is 1. The third-order valence-electron chi connectivity index (χ3n) is 6.81. The standard InChI is InChI=1S/C19H32N2O2.C2HF3O2/c1-14-2-6-16(7-3-14)19(22)21-9-8-18-17(13-21)20(10-11-23-18)12-15-4-5-15;3-2(4,5)1(6)7/h14-18H,2-13H2,1H3;(H,6,7)/t14?,16?,17-,18-;/m0./s1. The van der Waals surface area contributed by atoms with Gasteiger partial charge in [0.25, 0.3) is 0 Å². The van der Waals surface area contributed by atoms with Gasteiger partial charge in [-0.1, -0.05) is 6.92 Å². The molecule has 2 atom stereocenters. The molecule has 2 saturated heterocycles. The molecule has 0 radical (unpaired) electrons. The highest BCUT2D eigenvalue weighted by Gasteiger charge is 2.41. The molecule has 0 unspecified atom stereocenters. The second-order valence-electron chi connectivity index (χ2n) is 9.25. The van der Waals surface area contributed by atoms with E-state index in [0.717, 1.165) is 57.3 Å². The summed E-state index contributed by atoms with van der Waals surface area (Å²) in [4.78, 5) is 26.6. The smallest absolute Gasteiger partial charge is 0.475 e. The van der Waals surface area contributed by atoms with Crippen molar-refractivity contribution in [1.29, 1.82) is 0 Å². The van der Waals surface area contributed by atoms with Crippen LogP contribution in [0.25, 0.3) is 0 Å². The maximum absolute atomic E-state index is 12.9. The van der Waals surface area contributed by atoms with Crippen LogP contribution in [0.15, 0.2) is 0 Å². The monoisotopic (exact) mass is 434 g/mol. The third kappa shape index (κ3) is 6.33. The fraction of sp³-hybridized carbons (Fsp3) is 0.905. The summed E-state index contributed by atoms with van der Waals surface area (Å²) in [6, 6.07) is 0.449. The summed E-state index contributed by atoms with van der Waals surface area (Å²) in [5.74, 6) is -0.297. The van der Waals surface area contributed by atoms with E-state index < -0.39 is 12.1 Å². The predicted molar refractivity (Wildman–Crippen MR) is 104 cm³/mol. The Hall–Kier alpha value is -1.35. The predicted octanol–water partition coefficient (Wildman–Crippen LogP) is 3.16. The SMILES string of the molecule is CC1CCC(C(=O)N2CC[C@@H]3OCCN(CC4CC4)[C@H]3C2)CC1.O=C(O)C(F)(F)F. The van der Waals surface area contributed by atoms with Crippen LogP contribution in [-0.4, -0.2) is 77.9 Å². The Labute approximate surface area is 175 Å². The van der Waals surface area contributed by atoms with E-state index in [1.54, 1.807) is 0 Å². The fourth-order valence-electron chi connectivity index (χ4n) is 4.77. The number of hydrogen-bond donors (Lipinski definition) is 1. The first kappa shape index (κ1) is 23.3. The summed E-state index contributed by atoms with van der Waals surface area (Å²) < 4.78 is 37.8. The number of nitrogens with zero attached hydrogens (tertiary/aromatic N) is 2.